The van der Waals surface area contributed by atoms with E-state index in [0.29, 0.717) is 24.3 Å². The second-order valence-electron chi connectivity index (χ2n) is 6.97. The largest absolute Gasteiger partial charge is 0.489 e. The Morgan fingerprint density at radius 2 is 2.00 bits per heavy atom. The molecule has 1 aromatic carbocycles. The molecular formula is C18H21N3O4. The smallest absolute Gasteiger partial charge is 0.255 e. The van der Waals surface area contributed by atoms with Crippen LogP contribution in [-0.4, -0.2) is 40.8 Å². The van der Waals surface area contributed by atoms with Gasteiger partial charge in [-0.1, -0.05) is 0 Å². The Kier molecular flexibility index (Phi) is 3.95. The van der Waals surface area contributed by atoms with Crippen molar-refractivity contribution in [2.75, 3.05) is 0 Å². The lowest BCUT2D eigenvalue weighted by Gasteiger charge is -2.29. The summed E-state index contributed by atoms with van der Waals surface area (Å²) in [5, 5.41) is 2.31. The Bertz CT molecular complexity index is 748. The van der Waals surface area contributed by atoms with Gasteiger partial charge in [-0.3, -0.25) is 19.7 Å². The summed E-state index contributed by atoms with van der Waals surface area (Å²) in [4.78, 5) is 37.5. The number of rotatable bonds is 3. The number of piperidine rings is 1. The summed E-state index contributed by atoms with van der Waals surface area (Å²) >= 11 is 0. The first kappa shape index (κ1) is 16.1. The summed E-state index contributed by atoms with van der Waals surface area (Å²) in [7, 11) is 0. The van der Waals surface area contributed by atoms with E-state index in [2.05, 4.69) is 5.32 Å². The maximum Gasteiger partial charge on any atom is 0.255 e. The molecule has 3 aliphatic rings. The normalized spacial score (nSPS) is 28.9. The zero-order valence-electron chi connectivity index (χ0n) is 13.9. The van der Waals surface area contributed by atoms with Crippen LogP contribution in [0.4, 0.5) is 0 Å². The predicted molar refractivity (Wildman–Crippen MR) is 88.7 cm³/mol. The number of nitrogens with one attached hydrogen (secondary N) is 1. The van der Waals surface area contributed by atoms with Gasteiger partial charge in [-0.25, -0.2) is 0 Å². The topological polar surface area (TPSA) is 102 Å². The summed E-state index contributed by atoms with van der Waals surface area (Å²) < 4.78 is 5.99. The van der Waals surface area contributed by atoms with E-state index in [1.54, 1.807) is 12.1 Å². The molecule has 1 saturated carbocycles. The van der Waals surface area contributed by atoms with Crippen molar-refractivity contribution in [3.8, 4) is 5.75 Å². The van der Waals surface area contributed by atoms with E-state index in [-0.39, 0.29) is 30.4 Å². The van der Waals surface area contributed by atoms with Crippen LogP contribution >= 0.6 is 0 Å². The molecule has 1 aromatic rings. The molecule has 1 saturated heterocycles. The van der Waals surface area contributed by atoms with Crippen molar-refractivity contribution < 1.29 is 19.1 Å². The first-order valence-corrected chi connectivity index (χ1v) is 8.73. The molecule has 2 aliphatic heterocycles. The number of benzene rings is 1. The zero-order valence-corrected chi connectivity index (χ0v) is 13.9. The minimum atomic E-state index is -0.592. The van der Waals surface area contributed by atoms with E-state index < -0.39 is 11.9 Å². The van der Waals surface area contributed by atoms with Gasteiger partial charge in [-0.05, 0) is 49.4 Å². The molecule has 0 spiro atoms. The van der Waals surface area contributed by atoms with Gasteiger partial charge in [0.05, 0.1) is 0 Å². The van der Waals surface area contributed by atoms with Gasteiger partial charge in [0, 0.05) is 24.6 Å². The highest BCUT2D eigenvalue weighted by Gasteiger charge is 2.39. The SMILES string of the molecule is N[C@H]1CCC[C@H]1Oc1ccc2c(c1)CN(C1CCC(=O)NC1=O)C2=O. The van der Waals surface area contributed by atoms with Crippen LogP contribution in [0.1, 0.15) is 48.0 Å². The fraction of sp³-hybridized carbons (Fsp3) is 0.500. The highest BCUT2D eigenvalue weighted by molar-refractivity contribution is 6.05. The summed E-state index contributed by atoms with van der Waals surface area (Å²) in [6, 6.07) is 4.86. The molecule has 1 aliphatic carbocycles. The third-order valence-corrected chi connectivity index (χ3v) is 5.29. The van der Waals surface area contributed by atoms with Crippen LogP contribution in [0.2, 0.25) is 0 Å². The highest BCUT2D eigenvalue weighted by Crippen LogP contribution is 2.31. The highest BCUT2D eigenvalue weighted by atomic mass is 16.5. The van der Waals surface area contributed by atoms with Crippen molar-refractivity contribution in [2.45, 2.75) is 56.8 Å². The molecular weight excluding hydrogens is 322 g/mol. The molecule has 1 unspecified atom stereocenters. The first-order valence-electron chi connectivity index (χ1n) is 8.73. The molecule has 132 valence electrons. The van der Waals surface area contributed by atoms with Gasteiger partial charge in [0.25, 0.3) is 5.91 Å². The van der Waals surface area contributed by atoms with E-state index >= 15 is 0 Å². The number of nitrogens with zero attached hydrogens (tertiary/aromatic N) is 1. The molecule has 3 N–H and O–H groups in total. The lowest BCUT2D eigenvalue weighted by atomic mass is 10.0. The number of hydrogen-bond acceptors (Lipinski definition) is 5. The molecule has 2 fully saturated rings. The lowest BCUT2D eigenvalue weighted by molar-refractivity contribution is -0.136. The average molecular weight is 343 g/mol. The molecule has 3 atom stereocenters. The van der Waals surface area contributed by atoms with Crippen LogP contribution in [0.15, 0.2) is 18.2 Å². The van der Waals surface area contributed by atoms with Crippen molar-refractivity contribution in [3.63, 3.8) is 0 Å². The fourth-order valence-electron chi connectivity index (χ4n) is 3.90. The van der Waals surface area contributed by atoms with Crippen LogP contribution in [0.25, 0.3) is 0 Å². The second-order valence-corrected chi connectivity index (χ2v) is 6.97. The van der Waals surface area contributed by atoms with Crippen LogP contribution in [0.3, 0.4) is 0 Å². The lowest BCUT2D eigenvalue weighted by Crippen LogP contribution is -2.52. The number of nitrogens with two attached hydrogens (primary N) is 1. The van der Waals surface area contributed by atoms with Gasteiger partial charge in [0.1, 0.15) is 17.9 Å². The minimum absolute atomic E-state index is 0.0152. The molecule has 25 heavy (non-hydrogen) atoms. The molecule has 3 amide bonds. The Hall–Kier alpha value is -2.41. The minimum Gasteiger partial charge on any atom is -0.489 e. The van der Waals surface area contributed by atoms with Crippen molar-refractivity contribution in [1.29, 1.82) is 0 Å². The van der Waals surface area contributed by atoms with Gasteiger partial charge in [0.15, 0.2) is 0 Å². The van der Waals surface area contributed by atoms with E-state index in [1.807, 2.05) is 6.07 Å². The van der Waals surface area contributed by atoms with Crippen LogP contribution < -0.4 is 15.8 Å². The molecule has 0 bridgehead atoms. The number of ether oxygens (including phenoxy) is 1. The Balaban J connectivity index is 1.51. The van der Waals surface area contributed by atoms with Gasteiger partial charge < -0.3 is 15.4 Å². The number of carbonyl (C=O) groups is 3. The third-order valence-electron chi connectivity index (χ3n) is 5.29. The van der Waals surface area contributed by atoms with Crippen LogP contribution in [0.5, 0.6) is 5.75 Å². The summed E-state index contributed by atoms with van der Waals surface area (Å²) in [6.45, 7) is 0.356. The van der Waals surface area contributed by atoms with Gasteiger partial charge in [0.2, 0.25) is 11.8 Å². The van der Waals surface area contributed by atoms with Crippen LogP contribution in [-0.2, 0) is 16.1 Å². The molecule has 7 heteroatoms. The number of hydrogen-bond donors (Lipinski definition) is 2. The number of imide groups is 1. The van der Waals surface area contributed by atoms with Crippen molar-refractivity contribution in [1.82, 2.24) is 10.2 Å². The van der Waals surface area contributed by atoms with E-state index in [0.717, 1.165) is 24.8 Å². The average Bonchev–Trinajstić information content (AvgIpc) is 3.12. The Labute approximate surface area is 145 Å². The molecule has 0 aromatic heterocycles. The Morgan fingerprint density at radius 3 is 2.72 bits per heavy atom. The zero-order chi connectivity index (χ0) is 17.6. The number of fused-ring (bicyclic) bond motifs is 1. The van der Waals surface area contributed by atoms with Crippen molar-refractivity contribution in [3.05, 3.63) is 29.3 Å². The molecule has 7 nitrogen and oxygen atoms in total. The molecule has 2 heterocycles. The quantitative estimate of drug-likeness (QED) is 0.787. The van der Waals surface area contributed by atoms with E-state index in [1.165, 1.54) is 4.90 Å². The monoisotopic (exact) mass is 343 g/mol. The molecule has 0 radical (unpaired) electrons. The fourth-order valence-corrected chi connectivity index (χ4v) is 3.90. The molecule has 4 rings (SSSR count). The predicted octanol–water partition coefficient (Wildman–Crippen LogP) is 0.706. The summed E-state index contributed by atoms with van der Waals surface area (Å²) in [5.74, 6) is -0.146. The standard InChI is InChI=1S/C18H21N3O4/c19-13-2-1-3-15(13)25-11-4-5-12-10(8-11)9-21(18(12)24)14-6-7-16(22)20-17(14)23/h4-5,8,13-15H,1-3,6-7,9,19H2,(H,20,22,23)/t13-,14?,15+/m0/s1. The van der Waals surface area contributed by atoms with Gasteiger partial charge in [-0.2, -0.15) is 0 Å². The third kappa shape index (κ3) is 2.89. The summed E-state index contributed by atoms with van der Waals surface area (Å²) in [5.41, 5.74) is 7.49. The maximum absolute atomic E-state index is 12.6. The van der Waals surface area contributed by atoms with E-state index in [9.17, 15) is 14.4 Å². The first-order chi connectivity index (χ1) is 12.0. The van der Waals surface area contributed by atoms with Crippen molar-refractivity contribution in [2.24, 2.45) is 5.73 Å². The number of amides is 3. The van der Waals surface area contributed by atoms with Crippen LogP contribution in [0, 0.1) is 0 Å². The second kappa shape index (κ2) is 6.15. The van der Waals surface area contributed by atoms with Gasteiger partial charge in [-0.15, -0.1) is 0 Å². The van der Waals surface area contributed by atoms with Crippen molar-refractivity contribution >= 4 is 17.7 Å². The maximum atomic E-state index is 12.6. The van der Waals surface area contributed by atoms with Gasteiger partial charge >= 0.3 is 0 Å². The Morgan fingerprint density at radius 1 is 1.16 bits per heavy atom. The van der Waals surface area contributed by atoms with E-state index in [4.69, 9.17) is 10.5 Å². The summed E-state index contributed by atoms with van der Waals surface area (Å²) in [6.07, 6.45) is 3.62. The number of carbonyl (C=O) groups excluding carboxylic acids is 3.